The zero-order chi connectivity index (χ0) is 14.8. The lowest BCUT2D eigenvalue weighted by Gasteiger charge is -2.13. The molecule has 0 aliphatic rings. The van der Waals surface area contributed by atoms with Gasteiger partial charge in [-0.3, -0.25) is 0 Å². The maximum atomic E-state index is 13.3. The predicted molar refractivity (Wildman–Crippen MR) is 50.1 cm³/mol. The van der Waals surface area contributed by atoms with E-state index in [-0.39, 0.29) is 12.7 Å². The van der Waals surface area contributed by atoms with Crippen LogP contribution in [0.25, 0.3) is 0 Å². The van der Waals surface area contributed by atoms with Gasteiger partial charge in [-0.15, -0.1) is 0 Å². The number of carbonyl (C=O) groups excluding carboxylic acids is 1. The molecule has 1 heterocycles. The van der Waals surface area contributed by atoms with Crippen molar-refractivity contribution in [3.63, 3.8) is 0 Å². The van der Waals surface area contributed by atoms with E-state index in [1.54, 1.807) is 0 Å². The first-order chi connectivity index (χ1) is 8.68. The van der Waals surface area contributed by atoms with Gasteiger partial charge in [-0.1, -0.05) is 0 Å². The van der Waals surface area contributed by atoms with Crippen molar-refractivity contribution in [2.24, 2.45) is 0 Å². The van der Waals surface area contributed by atoms with Gasteiger partial charge in [0.05, 0.1) is 12.2 Å². The molecule has 0 radical (unpaired) electrons. The molecule has 19 heavy (non-hydrogen) atoms. The Morgan fingerprint density at radius 3 is 2.42 bits per heavy atom. The minimum Gasteiger partial charge on any atom is -0.461 e. The standard InChI is InChI=1S/C10H7F6NO2/c1-2-19-9(18)7-5(11)3-4(10(14,15)16)6(17-7)8(12)13/h3,8H,2H2,1H3. The van der Waals surface area contributed by atoms with E-state index in [0.29, 0.717) is 0 Å². The molecule has 0 fully saturated rings. The minimum atomic E-state index is -5.20. The van der Waals surface area contributed by atoms with Crippen LogP contribution in [-0.2, 0) is 10.9 Å². The summed E-state index contributed by atoms with van der Waals surface area (Å²) in [4.78, 5) is 13.9. The smallest absolute Gasteiger partial charge is 0.418 e. The number of aromatic nitrogens is 1. The number of alkyl halides is 5. The Kier molecular flexibility index (Phi) is 4.38. The first kappa shape index (κ1) is 15.3. The van der Waals surface area contributed by atoms with E-state index in [1.807, 2.05) is 0 Å². The summed E-state index contributed by atoms with van der Waals surface area (Å²) in [5.41, 5.74) is -4.84. The Labute approximate surface area is 103 Å². The molecule has 0 aliphatic heterocycles. The summed E-state index contributed by atoms with van der Waals surface area (Å²) in [7, 11) is 0. The topological polar surface area (TPSA) is 39.2 Å². The summed E-state index contributed by atoms with van der Waals surface area (Å²) in [6.45, 7) is 1.15. The predicted octanol–water partition coefficient (Wildman–Crippen LogP) is 3.35. The third-order valence-corrected chi connectivity index (χ3v) is 1.99. The molecule has 1 aromatic heterocycles. The Balaban J connectivity index is 3.41. The number of hydrogen-bond acceptors (Lipinski definition) is 3. The third kappa shape index (κ3) is 3.36. The summed E-state index contributed by atoms with van der Waals surface area (Å²) in [6, 6.07) is -0.194. The van der Waals surface area contributed by atoms with Crippen LogP contribution in [0.2, 0.25) is 0 Å². The molecule has 3 nitrogen and oxygen atoms in total. The molecule has 0 bridgehead atoms. The summed E-state index contributed by atoms with van der Waals surface area (Å²) >= 11 is 0. The van der Waals surface area contributed by atoms with E-state index in [1.165, 1.54) is 6.92 Å². The van der Waals surface area contributed by atoms with E-state index >= 15 is 0 Å². The van der Waals surface area contributed by atoms with Crippen LogP contribution in [0.3, 0.4) is 0 Å². The molecule has 9 heteroatoms. The van der Waals surface area contributed by atoms with Gasteiger partial charge in [0.25, 0.3) is 6.43 Å². The Bertz CT molecular complexity index is 486. The van der Waals surface area contributed by atoms with Gasteiger partial charge in [-0.2, -0.15) is 13.2 Å². The molecule has 0 saturated heterocycles. The van der Waals surface area contributed by atoms with Crippen LogP contribution in [0.5, 0.6) is 0 Å². The second-order valence-corrected chi connectivity index (χ2v) is 3.27. The van der Waals surface area contributed by atoms with Crippen LogP contribution < -0.4 is 0 Å². The van der Waals surface area contributed by atoms with Gasteiger partial charge < -0.3 is 4.74 Å². The van der Waals surface area contributed by atoms with E-state index in [9.17, 15) is 31.1 Å². The van der Waals surface area contributed by atoms with Crippen molar-refractivity contribution in [1.82, 2.24) is 4.98 Å². The number of ether oxygens (including phenoxy) is 1. The van der Waals surface area contributed by atoms with Gasteiger partial charge in [0.1, 0.15) is 5.69 Å². The van der Waals surface area contributed by atoms with Gasteiger partial charge in [-0.05, 0) is 13.0 Å². The number of carbonyl (C=O) groups is 1. The Morgan fingerprint density at radius 1 is 1.42 bits per heavy atom. The number of rotatable bonds is 3. The summed E-state index contributed by atoms with van der Waals surface area (Å²) in [5, 5.41) is 0. The van der Waals surface area contributed by atoms with Crippen LogP contribution in [-0.4, -0.2) is 17.6 Å². The molecule has 0 N–H and O–H groups in total. The summed E-state index contributed by atoms with van der Waals surface area (Å²) in [5.74, 6) is -3.08. The SMILES string of the molecule is CCOC(=O)c1nc(C(F)F)c(C(F)(F)F)cc1F. The lowest BCUT2D eigenvalue weighted by Crippen LogP contribution is -2.17. The number of halogens is 6. The molecule has 0 aliphatic carbocycles. The van der Waals surface area contributed by atoms with E-state index in [4.69, 9.17) is 0 Å². The van der Waals surface area contributed by atoms with Crippen molar-refractivity contribution in [3.8, 4) is 0 Å². The summed E-state index contributed by atoms with van der Waals surface area (Å²) < 4.78 is 79.8. The van der Waals surface area contributed by atoms with E-state index in [2.05, 4.69) is 9.72 Å². The zero-order valence-corrected chi connectivity index (χ0v) is 9.39. The number of nitrogens with zero attached hydrogens (tertiary/aromatic N) is 1. The number of pyridine rings is 1. The second-order valence-electron chi connectivity index (χ2n) is 3.27. The van der Waals surface area contributed by atoms with E-state index < -0.39 is 41.3 Å². The van der Waals surface area contributed by atoms with Crippen LogP contribution in [0.15, 0.2) is 6.07 Å². The third-order valence-electron chi connectivity index (χ3n) is 1.99. The largest absolute Gasteiger partial charge is 0.461 e. The molecule has 0 aromatic carbocycles. The maximum Gasteiger partial charge on any atom is 0.418 e. The van der Waals surface area contributed by atoms with Gasteiger partial charge in [0.15, 0.2) is 11.5 Å². The average Bonchev–Trinajstić information content (AvgIpc) is 2.27. The molecule has 1 aromatic rings. The second kappa shape index (κ2) is 5.45. The zero-order valence-electron chi connectivity index (χ0n) is 9.39. The maximum absolute atomic E-state index is 13.3. The van der Waals surface area contributed by atoms with Gasteiger partial charge in [0.2, 0.25) is 0 Å². The molecule has 106 valence electrons. The quantitative estimate of drug-likeness (QED) is 0.632. The minimum absolute atomic E-state index is 0.194. The summed E-state index contributed by atoms with van der Waals surface area (Å²) in [6.07, 6.45) is -8.81. The molecule has 1 rings (SSSR count). The molecule has 0 amide bonds. The highest BCUT2D eigenvalue weighted by molar-refractivity contribution is 5.87. The fourth-order valence-corrected chi connectivity index (χ4v) is 1.24. The molecular formula is C10H7F6NO2. The highest BCUT2D eigenvalue weighted by Gasteiger charge is 2.38. The monoisotopic (exact) mass is 287 g/mol. The Hall–Kier alpha value is -1.80. The van der Waals surface area contributed by atoms with Crippen molar-refractivity contribution < 1.29 is 35.9 Å². The first-order valence-corrected chi connectivity index (χ1v) is 4.91. The number of hydrogen-bond donors (Lipinski definition) is 0. The lowest BCUT2D eigenvalue weighted by molar-refractivity contribution is -0.140. The lowest BCUT2D eigenvalue weighted by atomic mass is 10.1. The van der Waals surface area contributed by atoms with Crippen molar-refractivity contribution in [1.29, 1.82) is 0 Å². The normalized spacial score (nSPS) is 11.8. The van der Waals surface area contributed by atoms with Gasteiger partial charge in [-0.25, -0.2) is 22.9 Å². The van der Waals surface area contributed by atoms with Crippen molar-refractivity contribution in [3.05, 3.63) is 28.8 Å². The fourth-order valence-electron chi connectivity index (χ4n) is 1.24. The molecule has 0 spiro atoms. The van der Waals surface area contributed by atoms with Crippen molar-refractivity contribution >= 4 is 5.97 Å². The molecule has 0 unspecified atom stereocenters. The van der Waals surface area contributed by atoms with Gasteiger partial charge in [0, 0.05) is 0 Å². The number of esters is 1. The Morgan fingerprint density at radius 2 is 2.00 bits per heavy atom. The highest BCUT2D eigenvalue weighted by Crippen LogP contribution is 2.36. The highest BCUT2D eigenvalue weighted by atomic mass is 19.4. The van der Waals surface area contributed by atoms with Crippen LogP contribution in [0, 0.1) is 5.82 Å². The molecule has 0 saturated carbocycles. The molecular weight excluding hydrogens is 280 g/mol. The first-order valence-electron chi connectivity index (χ1n) is 4.91. The average molecular weight is 287 g/mol. The van der Waals surface area contributed by atoms with Crippen LogP contribution >= 0.6 is 0 Å². The van der Waals surface area contributed by atoms with Gasteiger partial charge >= 0.3 is 12.1 Å². The van der Waals surface area contributed by atoms with Crippen LogP contribution in [0.1, 0.15) is 35.1 Å². The van der Waals surface area contributed by atoms with E-state index in [0.717, 1.165) is 0 Å². The van der Waals surface area contributed by atoms with Crippen LogP contribution in [0.4, 0.5) is 26.3 Å². The van der Waals surface area contributed by atoms with Crippen molar-refractivity contribution in [2.45, 2.75) is 19.5 Å². The fraction of sp³-hybridized carbons (Fsp3) is 0.400. The van der Waals surface area contributed by atoms with Crippen molar-refractivity contribution in [2.75, 3.05) is 6.61 Å². The molecule has 0 atom stereocenters.